The van der Waals surface area contributed by atoms with Crippen molar-refractivity contribution in [2.45, 2.75) is 19.4 Å². The van der Waals surface area contributed by atoms with E-state index in [1.807, 2.05) is 17.5 Å². The predicted octanol–water partition coefficient (Wildman–Crippen LogP) is 2.42. The summed E-state index contributed by atoms with van der Waals surface area (Å²) in [6.45, 7) is 0.294. The molecule has 0 saturated heterocycles. The van der Waals surface area contributed by atoms with Gasteiger partial charge in [-0.3, -0.25) is 9.52 Å². The summed E-state index contributed by atoms with van der Waals surface area (Å²) in [6.07, 6.45) is 1.65. The molecule has 2 heterocycles. The van der Waals surface area contributed by atoms with Crippen molar-refractivity contribution in [2.75, 3.05) is 11.0 Å². The summed E-state index contributed by atoms with van der Waals surface area (Å²) in [7, 11) is -3.34. The molecule has 2 aromatic heterocycles. The van der Waals surface area contributed by atoms with E-state index in [0.717, 1.165) is 16.7 Å². The number of hydrogen-bond donors (Lipinski definition) is 2. The minimum atomic E-state index is -3.34. The maximum absolute atomic E-state index is 12.0. The van der Waals surface area contributed by atoms with Crippen molar-refractivity contribution in [1.82, 2.24) is 15.5 Å². The van der Waals surface area contributed by atoms with Crippen molar-refractivity contribution < 1.29 is 17.7 Å². The third-order valence-corrected chi connectivity index (χ3v) is 4.97. The summed E-state index contributed by atoms with van der Waals surface area (Å²) >= 11 is 1.52. The van der Waals surface area contributed by atoms with E-state index in [1.54, 1.807) is 24.3 Å². The Hall–Kier alpha value is -2.72. The number of carbonyl (C=O) groups is 1. The molecular formula is C17H18N4O4S2. The molecule has 3 rings (SSSR count). The lowest BCUT2D eigenvalue weighted by Gasteiger charge is -2.08. The number of carbonyl (C=O) groups excluding carboxylic acids is 1. The fourth-order valence-corrected chi connectivity index (χ4v) is 3.53. The number of thiophene rings is 1. The van der Waals surface area contributed by atoms with Gasteiger partial charge in [-0.05, 0) is 29.1 Å². The van der Waals surface area contributed by atoms with Crippen molar-refractivity contribution in [3.8, 4) is 10.7 Å². The van der Waals surface area contributed by atoms with E-state index >= 15 is 0 Å². The molecule has 27 heavy (non-hydrogen) atoms. The van der Waals surface area contributed by atoms with Gasteiger partial charge in [-0.1, -0.05) is 23.4 Å². The minimum Gasteiger partial charge on any atom is -0.352 e. The molecule has 10 heteroatoms. The van der Waals surface area contributed by atoms with E-state index in [0.29, 0.717) is 30.4 Å². The molecule has 8 nitrogen and oxygen atoms in total. The Kier molecular flexibility index (Phi) is 5.87. The van der Waals surface area contributed by atoms with E-state index in [-0.39, 0.29) is 12.3 Å². The highest BCUT2D eigenvalue weighted by atomic mass is 32.2. The standard InChI is InChI=1S/C17H18N4O4S2/c1-27(23,24)21-13-5-2-4-12(10-13)11-18-15(22)7-8-16-19-17(20-25-16)14-6-3-9-26-14/h2-6,9-10,21H,7-8,11H2,1H3,(H,18,22). The molecule has 0 aliphatic heterocycles. The molecule has 2 N–H and O–H groups in total. The molecule has 1 amide bonds. The summed E-state index contributed by atoms with van der Waals surface area (Å²) in [5, 5.41) is 8.63. The molecule has 1 aromatic carbocycles. The molecule has 0 aliphatic rings. The molecular weight excluding hydrogens is 388 g/mol. The van der Waals surface area contributed by atoms with Gasteiger partial charge in [-0.2, -0.15) is 4.98 Å². The number of benzene rings is 1. The first-order valence-electron chi connectivity index (χ1n) is 8.09. The average molecular weight is 406 g/mol. The number of nitrogens with zero attached hydrogens (tertiary/aromatic N) is 2. The van der Waals surface area contributed by atoms with Crippen LogP contribution in [0, 0.1) is 0 Å². The fourth-order valence-electron chi connectivity index (χ4n) is 2.33. The Labute approximate surface area is 160 Å². The number of anilines is 1. The Morgan fingerprint density at radius 1 is 1.26 bits per heavy atom. The van der Waals surface area contributed by atoms with Crippen molar-refractivity contribution in [1.29, 1.82) is 0 Å². The van der Waals surface area contributed by atoms with Gasteiger partial charge in [0.25, 0.3) is 0 Å². The minimum absolute atomic E-state index is 0.160. The van der Waals surface area contributed by atoms with Crippen LogP contribution in [0.4, 0.5) is 5.69 Å². The molecule has 0 unspecified atom stereocenters. The zero-order chi connectivity index (χ0) is 19.3. The number of aromatic nitrogens is 2. The smallest absolute Gasteiger partial charge is 0.229 e. The van der Waals surface area contributed by atoms with Crippen LogP contribution in [0.2, 0.25) is 0 Å². The van der Waals surface area contributed by atoms with E-state index in [1.165, 1.54) is 11.3 Å². The third kappa shape index (κ3) is 5.90. The SMILES string of the molecule is CS(=O)(=O)Nc1cccc(CNC(=O)CCc2nc(-c3cccs3)no2)c1. The first-order valence-corrected chi connectivity index (χ1v) is 10.9. The summed E-state index contributed by atoms with van der Waals surface area (Å²) in [6, 6.07) is 10.7. The maximum atomic E-state index is 12.0. The van der Waals surface area contributed by atoms with Crippen molar-refractivity contribution in [3.63, 3.8) is 0 Å². The first-order chi connectivity index (χ1) is 12.9. The normalized spacial score (nSPS) is 11.3. The molecule has 0 aliphatic carbocycles. The highest BCUT2D eigenvalue weighted by molar-refractivity contribution is 7.92. The third-order valence-electron chi connectivity index (χ3n) is 3.50. The molecule has 3 aromatic rings. The Balaban J connectivity index is 1.48. The van der Waals surface area contributed by atoms with Gasteiger partial charge in [0.2, 0.25) is 27.6 Å². The molecule has 142 valence electrons. The predicted molar refractivity (Wildman–Crippen MR) is 103 cm³/mol. The summed E-state index contributed by atoms with van der Waals surface area (Å²) in [4.78, 5) is 17.2. The lowest BCUT2D eigenvalue weighted by atomic mass is 10.2. The second-order valence-corrected chi connectivity index (χ2v) is 8.54. The topological polar surface area (TPSA) is 114 Å². The van der Waals surface area contributed by atoms with E-state index in [2.05, 4.69) is 20.2 Å². The molecule has 0 bridgehead atoms. The Morgan fingerprint density at radius 2 is 2.11 bits per heavy atom. The molecule has 0 fully saturated rings. The summed E-state index contributed by atoms with van der Waals surface area (Å²) < 4.78 is 30.1. The van der Waals surface area contributed by atoms with Crippen LogP contribution in [-0.4, -0.2) is 30.7 Å². The van der Waals surface area contributed by atoms with Gasteiger partial charge < -0.3 is 9.84 Å². The Bertz CT molecular complexity index is 1010. The van der Waals surface area contributed by atoms with Crippen LogP contribution in [-0.2, 0) is 27.8 Å². The van der Waals surface area contributed by atoms with Crippen LogP contribution in [0.3, 0.4) is 0 Å². The van der Waals surface area contributed by atoms with Crippen molar-refractivity contribution in [3.05, 3.63) is 53.2 Å². The van der Waals surface area contributed by atoms with Gasteiger partial charge in [0.15, 0.2) is 0 Å². The number of nitrogens with one attached hydrogen (secondary N) is 2. The fraction of sp³-hybridized carbons (Fsp3) is 0.235. The quantitative estimate of drug-likeness (QED) is 0.594. The number of sulfonamides is 1. The van der Waals surface area contributed by atoms with Crippen molar-refractivity contribution in [2.24, 2.45) is 0 Å². The largest absolute Gasteiger partial charge is 0.352 e. The second-order valence-electron chi connectivity index (χ2n) is 5.84. The number of amides is 1. The maximum Gasteiger partial charge on any atom is 0.229 e. The highest BCUT2D eigenvalue weighted by Gasteiger charge is 2.11. The molecule has 0 radical (unpaired) electrons. The van der Waals surface area contributed by atoms with Crippen LogP contribution in [0.5, 0.6) is 0 Å². The average Bonchev–Trinajstić information content (AvgIpc) is 3.28. The van der Waals surface area contributed by atoms with Crippen LogP contribution >= 0.6 is 11.3 Å². The van der Waals surface area contributed by atoms with Gasteiger partial charge >= 0.3 is 0 Å². The number of aryl methyl sites for hydroxylation is 1. The monoisotopic (exact) mass is 406 g/mol. The van der Waals surface area contributed by atoms with Crippen LogP contribution in [0.1, 0.15) is 17.9 Å². The van der Waals surface area contributed by atoms with Gasteiger partial charge in [0.1, 0.15) is 0 Å². The summed E-state index contributed by atoms with van der Waals surface area (Å²) in [5.74, 6) is 0.774. The highest BCUT2D eigenvalue weighted by Crippen LogP contribution is 2.21. The van der Waals surface area contributed by atoms with E-state index in [9.17, 15) is 13.2 Å². The van der Waals surface area contributed by atoms with Crippen molar-refractivity contribution >= 4 is 33.0 Å². The first kappa shape index (κ1) is 19.1. The zero-order valence-corrected chi connectivity index (χ0v) is 16.1. The van der Waals surface area contributed by atoms with Crippen LogP contribution in [0.25, 0.3) is 10.7 Å². The number of hydrogen-bond acceptors (Lipinski definition) is 7. The van der Waals surface area contributed by atoms with Gasteiger partial charge in [0, 0.05) is 25.1 Å². The number of rotatable bonds is 8. The van der Waals surface area contributed by atoms with Gasteiger partial charge in [-0.25, -0.2) is 8.42 Å². The lowest BCUT2D eigenvalue weighted by molar-refractivity contribution is -0.121. The van der Waals surface area contributed by atoms with Crippen LogP contribution in [0.15, 0.2) is 46.3 Å². The van der Waals surface area contributed by atoms with Crippen LogP contribution < -0.4 is 10.0 Å². The molecule has 0 atom stereocenters. The van der Waals surface area contributed by atoms with Gasteiger partial charge in [-0.15, -0.1) is 11.3 Å². The van der Waals surface area contributed by atoms with E-state index in [4.69, 9.17) is 4.52 Å². The second kappa shape index (κ2) is 8.31. The Morgan fingerprint density at radius 3 is 2.85 bits per heavy atom. The van der Waals surface area contributed by atoms with E-state index < -0.39 is 10.0 Å². The molecule has 0 spiro atoms. The zero-order valence-electron chi connectivity index (χ0n) is 14.5. The summed E-state index contributed by atoms with van der Waals surface area (Å²) in [5.41, 5.74) is 1.24. The molecule has 0 saturated carbocycles. The van der Waals surface area contributed by atoms with Gasteiger partial charge in [0.05, 0.1) is 11.1 Å². The lowest BCUT2D eigenvalue weighted by Crippen LogP contribution is -2.23.